The Morgan fingerprint density at radius 3 is 2.48 bits per heavy atom. The molecule has 0 aliphatic rings. The van der Waals surface area contributed by atoms with E-state index in [9.17, 15) is 14.7 Å². The average molecular weight is 287 g/mol. The minimum absolute atomic E-state index is 0.0528. The van der Waals surface area contributed by atoms with Crippen molar-refractivity contribution in [3.63, 3.8) is 0 Å². The van der Waals surface area contributed by atoms with Gasteiger partial charge in [0.25, 0.3) is 5.91 Å². The van der Waals surface area contributed by atoms with Gasteiger partial charge in [-0.05, 0) is 29.3 Å². The number of nitrogens with one attached hydrogen (secondary N) is 1. The fourth-order valence-corrected chi connectivity index (χ4v) is 1.96. The van der Waals surface area contributed by atoms with E-state index in [2.05, 4.69) is 5.32 Å². The molecule has 1 amide bonds. The summed E-state index contributed by atoms with van der Waals surface area (Å²) >= 11 is 0. The van der Waals surface area contributed by atoms with Crippen molar-refractivity contribution in [1.29, 1.82) is 0 Å². The number of rotatable bonds is 6. The average Bonchev–Trinajstić information content (AvgIpc) is 2.49. The molecule has 0 fully saturated rings. The Kier molecular flexibility index (Phi) is 4.77. The third-order valence-electron chi connectivity index (χ3n) is 3.01. The van der Waals surface area contributed by atoms with Crippen molar-refractivity contribution in [2.75, 3.05) is 13.2 Å². The molecule has 0 radical (unpaired) electrons. The third kappa shape index (κ3) is 3.72. The number of carbonyl (C=O) groups excluding carboxylic acids is 1. The highest BCUT2D eigenvalue weighted by Gasteiger charge is 2.14. The molecule has 0 aliphatic carbocycles. The zero-order valence-electron chi connectivity index (χ0n) is 11.8. The highest BCUT2D eigenvalue weighted by molar-refractivity contribution is 5.97. The van der Waals surface area contributed by atoms with Crippen LogP contribution in [0.3, 0.4) is 0 Å². The summed E-state index contributed by atoms with van der Waals surface area (Å²) in [6.07, 6.45) is 0.835. The smallest absolute Gasteiger partial charge is 0.339 e. The predicted octanol–water partition coefficient (Wildman–Crippen LogP) is 2.44. The molecule has 0 heterocycles. The molecule has 2 N–H and O–H groups in total. The van der Waals surface area contributed by atoms with E-state index in [1.165, 1.54) is 0 Å². The van der Waals surface area contributed by atoms with E-state index in [1.54, 1.807) is 12.1 Å². The van der Waals surface area contributed by atoms with E-state index >= 15 is 0 Å². The maximum atomic E-state index is 11.5. The van der Waals surface area contributed by atoms with Crippen molar-refractivity contribution < 1.29 is 19.4 Å². The van der Waals surface area contributed by atoms with Gasteiger partial charge in [-0.3, -0.25) is 4.79 Å². The summed E-state index contributed by atoms with van der Waals surface area (Å²) in [5.41, 5.74) is 0.0528. The van der Waals surface area contributed by atoms with Crippen molar-refractivity contribution in [3.05, 3.63) is 42.0 Å². The molecule has 5 nitrogen and oxygen atoms in total. The van der Waals surface area contributed by atoms with Crippen LogP contribution in [0.25, 0.3) is 10.8 Å². The summed E-state index contributed by atoms with van der Waals surface area (Å²) in [4.78, 5) is 22.8. The van der Waals surface area contributed by atoms with E-state index in [1.807, 2.05) is 31.2 Å². The van der Waals surface area contributed by atoms with Gasteiger partial charge in [0.2, 0.25) is 0 Å². The maximum Gasteiger partial charge on any atom is 0.339 e. The molecule has 110 valence electrons. The lowest BCUT2D eigenvalue weighted by Crippen LogP contribution is -2.29. The molecule has 2 aromatic rings. The quantitative estimate of drug-likeness (QED) is 0.855. The number of carboxylic acid groups (broad SMARTS) is 1. The van der Waals surface area contributed by atoms with E-state index in [4.69, 9.17) is 4.74 Å². The number of aromatic carboxylic acids is 1. The SMILES string of the molecule is CCCNC(=O)COc1cc2ccccc2cc1C(=O)O. The van der Waals surface area contributed by atoms with E-state index in [0.29, 0.717) is 6.54 Å². The Labute approximate surface area is 122 Å². The molecular formula is C16H17NO4. The summed E-state index contributed by atoms with van der Waals surface area (Å²) in [5.74, 6) is -1.14. The minimum atomic E-state index is -1.08. The number of ether oxygens (including phenoxy) is 1. The highest BCUT2D eigenvalue weighted by atomic mass is 16.5. The molecule has 2 aromatic carbocycles. The largest absolute Gasteiger partial charge is 0.483 e. The maximum absolute atomic E-state index is 11.5. The van der Waals surface area contributed by atoms with E-state index < -0.39 is 5.97 Å². The molecule has 0 saturated carbocycles. The molecule has 0 aromatic heterocycles. The van der Waals surface area contributed by atoms with Gasteiger partial charge in [-0.15, -0.1) is 0 Å². The van der Waals surface area contributed by atoms with Crippen LogP contribution in [0, 0.1) is 0 Å². The molecule has 5 heteroatoms. The number of hydrogen-bond donors (Lipinski definition) is 2. The molecule has 0 saturated heterocycles. The predicted molar refractivity (Wildman–Crippen MR) is 79.7 cm³/mol. The fourth-order valence-electron chi connectivity index (χ4n) is 1.96. The van der Waals surface area contributed by atoms with Crippen LogP contribution in [0.5, 0.6) is 5.75 Å². The number of carbonyl (C=O) groups is 2. The summed E-state index contributed by atoms with van der Waals surface area (Å²) in [7, 11) is 0. The number of hydrogen-bond acceptors (Lipinski definition) is 3. The molecule has 0 spiro atoms. The molecule has 21 heavy (non-hydrogen) atoms. The highest BCUT2D eigenvalue weighted by Crippen LogP contribution is 2.26. The number of amides is 1. The first-order valence-corrected chi connectivity index (χ1v) is 6.77. The number of benzene rings is 2. The lowest BCUT2D eigenvalue weighted by atomic mass is 10.1. The Morgan fingerprint density at radius 1 is 1.19 bits per heavy atom. The van der Waals surface area contributed by atoms with Gasteiger partial charge in [0, 0.05) is 6.54 Å². The standard InChI is InChI=1S/C16H17NO4/c1-2-7-17-15(18)10-21-14-9-12-6-4-3-5-11(12)8-13(14)16(19)20/h3-6,8-9H,2,7,10H2,1H3,(H,17,18)(H,19,20). The van der Waals surface area contributed by atoms with Gasteiger partial charge in [-0.25, -0.2) is 4.79 Å². The van der Waals surface area contributed by atoms with Crippen molar-refractivity contribution in [3.8, 4) is 5.75 Å². The Bertz CT molecular complexity index is 666. The van der Waals surface area contributed by atoms with Gasteiger partial charge in [-0.2, -0.15) is 0 Å². The summed E-state index contributed by atoms with van der Waals surface area (Å²) in [6.45, 7) is 2.33. The monoisotopic (exact) mass is 287 g/mol. The second kappa shape index (κ2) is 6.74. The molecule has 0 atom stereocenters. The van der Waals surface area contributed by atoms with Crippen LogP contribution in [0.4, 0.5) is 0 Å². The van der Waals surface area contributed by atoms with Gasteiger partial charge in [-0.1, -0.05) is 31.2 Å². The Morgan fingerprint density at radius 2 is 1.86 bits per heavy atom. The summed E-state index contributed by atoms with van der Waals surface area (Å²) in [6, 6.07) is 10.6. The summed E-state index contributed by atoms with van der Waals surface area (Å²) in [5, 5.41) is 13.6. The van der Waals surface area contributed by atoms with Crippen LogP contribution in [0.1, 0.15) is 23.7 Å². The number of carboxylic acids is 1. The first-order valence-electron chi connectivity index (χ1n) is 6.77. The van der Waals surface area contributed by atoms with Crippen LogP contribution >= 0.6 is 0 Å². The van der Waals surface area contributed by atoms with Gasteiger partial charge in [0.1, 0.15) is 11.3 Å². The molecule has 2 rings (SSSR count). The third-order valence-corrected chi connectivity index (χ3v) is 3.01. The summed E-state index contributed by atoms with van der Waals surface area (Å²) < 4.78 is 5.37. The van der Waals surface area contributed by atoms with Crippen molar-refractivity contribution in [2.24, 2.45) is 0 Å². The van der Waals surface area contributed by atoms with Gasteiger partial charge < -0.3 is 15.2 Å². The molecule has 0 unspecified atom stereocenters. The van der Waals surface area contributed by atoms with Crippen LogP contribution in [0.15, 0.2) is 36.4 Å². The minimum Gasteiger partial charge on any atom is -0.483 e. The second-order valence-corrected chi connectivity index (χ2v) is 4.64. The van der Waals surface area contributed by atoms with E-state index in [-0.39, 0.29) is 23.8 Å². The van der Waals surface area contributed by atoms with Gasteiger partial charge in [0.15, 0.2) is 6.61 Å². The normalized spacial score (nSPS) is 10.3. The fraction of sp³-hybridized carbons (Fsp3) is 0.250. The van der Waals surface area contributed by atoms with Crippen LogP contribution in [-0.2, 0) is 4.79 Å². The lowest BCUT2D eigenvalue weighted by Gasteiger charge is -2.11. The second-order valence-electron chi connectivity index (χ2n) is 4.64. The Balaban J connectivity index is 2.22. The molecule has 0 aliphatic heterocycles. The van der Waals surface area contributed by atoms with Crippen LogP contribution in [-0.4, -0.2) is 30.1 Å². The van der Waals surface area contributed by atoms with Crippen molar-refractivity contribution in [1.82, 2.24) is 5.32 Å². The topological polar surface area (TPSA) is 75.6 Å². The number of fused-ring (bicyclic) bond motifs is 1. The first kappa shape index (κ1) is 14.8. The Hall–Kier alpha value is -2.56. The molecular weight excluding hydrogens is 270 g/mol. The van der Waals surface area contributed by atoms with Crippen molar-refractivity contribution in [2.45, 2.75) is 13.3 Å². The molecule has 0 bridgehead atoms. The zero-order valence-corrected chi connectivity index (χ0v) is 11.8. The van der Waals surface area contributed by atoms with Gasteiger partial charge in [0.05, 0.1) is 0 Å². The van der Waals surface area contributed by atoms with Crippen molar-refractivity contribution >= 4 is 22.6 Å². The first-order chi connectivity index (χ1) is 10.1. The van der Waals surface area contributed by atoms with Crippen LogP contribution in [0.2, 0.25) is 0 Å². The van der Waals surface area contributed by atoms with E-state index in [0.717, 1.165) is 17.2 Å². The zero-order chi connectivity index (χ0) is 15.2. The van der Waals surface area contributed by atoms with Gasteiger partial charge >= 0.3 is 5.97 Å². The van der Waals surface area contributed by atoms with Crippen LogP contribution < -0.4 is 10.1 Å². The lowest BCUT2D eigenvalue weighted by molar-refractivity contribution is -0.123.